The molecule has 0 aliphatic heterocycles. The molecule has 0 amide bonds. The van der Waals surface area contributed by atoms with Gasteiger partial charge >= 0.3 is 0 Å². The standard InChI is InChI=1S/C15H20BrCl/c1-9-7-13(17)10(2)14-11(9)5-6-15(3,4)8-12(14)16/h7,12H,5-6,8H2,1-4H3. The van der Waals surface area contributed by atoms with Gasteiger partial charge < -0.3 is 0 Å². The number of alkyl halides is 1. The Kier molecular flexibility index (Phi) is 3.62. The first kappa shape index (κ1) is 13.4. The number of rotatable bonds is 0. The Labute approximate surface area is 118 Å². The average molecular weight is 316 g/mol. The van der Waals surface area contributed by atoms with E-state index in [4.69, 9.17) is 11.6 Å². The van der Waals surface area contributed by atoms with E-state index < -0.39 is 0 Å². The fourth-order valence-electron chi connectivity index (χ4n) is 2.86. The zero-order chi connectivity index (χ0) is 12.8. The minimum Gasteiger partial charge on any atom is -0.0840 e. The molecule has 0 saturated heterocycles. The third kappa shape index (κ3) is 2.56. The Bertz CT molecular complexity index is 449. The highest BCUT2D eigenvalue weighted by atomic mass is 79.9. The number of halogens is 2. The van der Waals surface area contributed by atoms with E-state index >= 15 is 0 Å². The molecular weight excluding hydrogens is 296 g/mol. The molecule has 1 aromatic rings. The first-order valence-electron chi connectivity index (χ1n) is 6.24. The van der Waals surface area contributed by atoms with Crippen LogP contribution in [0.3, 0.4) is 0 Å². The molecule has 2 rings (SSSR count). The lowest BCUT2D eigenvalue weighted by molar-refractivity contribution is 0.316. The van der Waals surface area contributed by atoms with Crippen molar-refractivity contribution in [3.05, 3.63) is 33.3 Å². The van der Waals surface area contributed by atoms with Crippen LogP contribution in [0.1, 0.15) is 53.8 Å². The second kappa shape index (κ2) is 4.59. The molecule has 0 aromatic heterocycles. The van der Waals surface area contributed by atoms with Crippen LogP contribution in [-0.4, -0.2) is 0 Å². The summed E-state index contributed by atoms with van der Waals surface area (Å²) in [6, 6.07) is 2.12. The van der Waals surface area contributed by atoms with Gasteiger partial charge in [-0.3, -0.25) is 0 Å². The van der Waals surface area contributed by atoms with Gasteiger partial charge in [0.25, 0.3) is 0 Å². The maximum Gasteiger partial charge on any atom is 0.0441 e. The van der Waals surface area contributed by atoms with Crippen molar-refractivity contribution in [1.29, 1.82) is 0 Å². The molecular formula is C15H20BrCl. The number of hydrogen-bond donors (Lipinski definition) is 0. The lowest BCUT2D eigenvalue weighted by atomic mass is 9.84. The SMILES string of the molecule is Cc1cc(Cl)c(C)c2c1CCC(C)(C)CC2Br. The van der Waals surface area contributed by atoms with Crippen LogP contribution in [0.25, 0.3) is 0 Å². The maximum atomic E-state index is 6.32. The Morgan fingerprint density at radius 3 is 2.65 bits per heavy atom. The zero-order valence-corrected chi connectivity index (χ0v) is 13.4. The molecule has 1 aromatic carbocycles. The average Bonchev–Trinajstić information content (AvgIpc) is 2.31. The van der Waals surface area contributed by atoms with Crippen molar-refractivity contribution < 1.29 is 0 Å². The monoisotopic (exact) mass is 314 g/mol. The normalized spacial score (nSPS) is 23.1. The first-order valence-corrected chi connectivity index (χ1v) is 7.54. The van der Waals surface area contributed by atoms with Crippen molar-refractivity contribution in [2.75, 3.05) is 0 Å². The summed E-state index contributed by atoms with van der Waals surface area (Å²) in [5, 5.41) is 0.908. The lowest BCUT2D eigenvalue weighted by Crippen LogP contribution is -2.11. The number of fused-ring (bicyclic) bond motifs is 1. The van der Waals surface area contributed by atoms with Gasteiger partial charge in [-0.25, -0.2) is 0 Å². The van der Waals surface area contributed by atoms with E-state index in [-0.39, 0.29) is 0 Å². The van der Waals surface area contributed by atoms with Crippen LogP contribution in [0, 0.1) is 19.3 Å². The fraction of sp³-hybridized carbons (Fsp3) is 0.600. The molecule has 1 unspecified atom stereocenters. The maximum absolute atomic E-state index is 6.32. The highest BCUT2D eigenvalue weighted by Gasteiger charge is 2.30. The second-order valence-corrected chi connectivity index (χ2v) is 7.54. The minimum absolute atomic E-state index is 0.401. The molecule has 1 atom stereocenters. The summed E-state index contributed by atoms with van der Waals surface area (Å²) >= 11 is 10.2. The quantitative estimate of drug-likeness (QED) is 0.422. The molecule has 0 bridgehead atoms. The molecule has 2 heteroatoms. The summed E-state index contributed by atoms with van der Waals surface area (Å²) in [5.41, 5.74) is 5.96. The molecule has 0 N–H and O–H groups in total. The van der Waals surface area contributed by atoms with Crippen molar-refractivity contribution in [2.24, 2.45) is 5.41 Å². The van der Waals surface area contributed by atoms with Crippen LogP contribution < -0.4 is 0 Å². The van der Waals surface area contributed by atoms with E-state index in [0.29, 0.717) is 10.2 Å². The Morgan fingerprint density at radius 2 is 2.00 bits per heavy atom. The van der Waals surface area contributed by atoms with Crippen LogP contribution in [-0.2, 0) is 6.42 Å². The minimum atomic E-state index is 0.401. The van der Waals surface area contributed by atoms with Crippen LogP contribution in [0.5, 0.6) is 0 Å². The topological polar surface area (TPSA) is 0 Å². The Balaban J connectivity index is 2.59. The Hall–Kier alpha value is -0.0100. The van der Waals surface area contributed by atoms with Gasteiger partial charge in [0.1, 0.15) is 0 Å². The van der Waals surface area contributed by atoms with Crippen LogP contribution in [0.4, 0.5) is 0 Å². The van der Waals surface area contributed by atoms with Crippen molar-refractivity contribution in [2.45, 2.75) is 51.8 Å². The predicted molar refractivity (Wildman–Crippen MR) is 79.3 cm³/mol. The van der Waals surface area contributed by atoms with Gasteiger partial charge in [0.2, 0.25) is 0 Å². The Morgan fingerprint density at radius 1 is 1.35 bits per heavy atom. The van der Waals surface area contributed by atoms with E-state index in [9.17, 15) is 0 Å². The third-order valence-corrected chi connectivity index (χ3v) is 5.18. The van der Waals surface area contributed by atoms with E-state index in [1.165, 1.54) is 41.5 Å². The number of benzene rings is 1. The van der Waals surface area contributed by atoms with Crippen LogP contribution in [0.15, 0.2) is 6.07 Å². The smallest absolute Gasteiger partial charge is 0.0441 e. The van der Waals surface area contributed by atoms with E-state index in [2.05, 4.69) is 49.7 Å². The highest BCUT2D eigenvalue weighted by Crippen LogP contribution is 2.46. The second-order valence-electron chi connectivity index (χ2n) is 6.03. The highest BCUT2D eigenvalue weighted by molar-refractivity contribution is 9.09. The summed E-state index contributed by atoms with van der Waals surface area (Å²) in [6.45, 7) is 9.05. The fourth-order valence-corrected chi connectivity index (χ4v) is 4.62. The van der Waals surface area contributed by atoms with Crippen molar-refractivity contribution in [1.82, 2.24) is 0 Å². The largest absolute Gasteiger partial charge is 0.0840 e. The first-order chi connectivity index (χ1) is 7.82. The van der Waals surface area contributed by atoms with Gasteiger partial charge in [0.15, 0.2) is 0 Å². The summed E-state index contributed by atoms with van der Waals surface area (Å²) in [7, 11) is 0. The van der Waals surface area contributed by atoms with Crippen molar-refractivity contribution >= 4 is 27.5 Å². The molecule has 0 spiro atoms. The van der Waals surface area contributed by atoms with E-state index in [1.54, 1.807) is 0 Å². The molecule has 0 radical (unpaired) electrons. The van der Waals surface area contributed by atoms with Gasteiger partial charge in [-0.15, -0.1) is 0 Å². The third-order valence-electron chi connectivity index (χ3n) is 4.00. The van der Waals surface area contributed by atoms with Crippen molar-refractivity contribution in [3.63, 3.8) is 0 Å². The molecule has 94 valence electrons. The molecule has 0 saturated carbocycles. The van der Waals surface area contributed by atoms with E-state index in [1.807, 2.05) is 0 Å². The van der Waals surface area contributed by atoms with Gasteiger partial charge in [0, 0.05) is 9.85 Å². The molecule has 1 aliphatic carbocycles. The zero-order valence-electron chi connectivity index (χ0n) is 11.0. The van der Waals surface area contributed by atoms with Gasteiger partial charge in [-0.1, -0.05) is 41.4 Å². The van der Waals surface area contributed by atoms with Gasteiger partial charge in [-0.2, -0.15) is 0 Å². The summed E-state index contributed by atoms with van der Waals surface area (Å²) in [4.78, 5) is 0.437. The summed E-state index contributed by atoms with van der Waals surface area (Å²) in [5.74, 6) is 0. The van der Waals surface area contributed by atoms with E-state index in [0.717, 1.165) is 5.02 Å². The van der Waals surface area contributed by atoms with Gasteiger partial charge in [0.05, 0.1) is 0 Å². The number of hydrogen-bond acceptors (Lipinski definition) is 0. The summed E-state index contributed by atoms with van der Waals surface area (Å²) < 4.78 is 0. The molecule has 0 heterocycles. The van der Waals surface area contributed by atoms with Gasteiger partial charge in [-0.05, 0) is 66.8 Å². The van der Waals surface area contributed by atoms with Crippen LogP contribution in [0.2, 0.25) is 5.02 Å². The number of aryl methyl sites for hydroxylation is 1. The van der Waals surface area contributed by atoms with Crippen molar-refractivity contribution in [3.8, 4) is 0 Å². The molecule has 0 nitrogen and oxygen atoms in total. The predicted octanol–water partition coefficient (Wildman–Crippen LogP) is 5.76. The van der Waals surface area contributed by atoms with Crippen LogP contribution >= 0.6 is 27.5 Å². The lowest BCUT2D eigenvalue weighted by Gasteiger charge is -2.24. The molecule has 1 aliphatic rings. The molecule has 17 heavy (non-hydrogen) atoms. The molecule has 0 fully saturated rings. The summed E-state index contributed by atoms with van der Waals surface area (Å²) in [6.07, 6.45) is 3.61.